The van der Waals surface area contributed by atoms with E-state index >= 15 is 0 Å². The number of hydrogen-bond donors (Lipinski definition) is 3. The summed E-state index contributed by atoms with van der Waals surface area (Å²) in [4.78, 5) is 10.4. The third kappa shape index (κ3) is 4.40. The van der Waals surface area contributed by atoms with Crippen molar-refractivity contribution in [3.63, 3.8) is 0 Å². The number of amides is 1. The molecule has 1 aliphatic heterocycles. The highest BCUT2D eigenvalue weighted by atomic mass is 35.5. The lowest BCUT2D eigenvalue weighted by Crippen LogP contribution is -2.22. The van der Waals surface area contributed by atoms with Crippen molar-refractivity contribution in [1.82, 2.24) is 10.6 Å². The molecule has 1 amide bonds. The van der Waals surface area contributed by atoms with Crippen LogP contribution in [0.1, 0.15) is 23.3 Å². The molecule has 0 aromatic heterocycles. The summed E-state index contributed by atoms with van der Waals surface area (Å²) in [5, 5.41) is 10.8. The molecule has 1 heterocycles. The highest BCUT2D eigenvalue weighted by Gasteiger charge is 2.28. The lowest BCUT2D eigenvalue weighted by molar-refractivity contribution is -0.114. The van der Waals surface area contributed by atoms with Gasteiger partial charge in [-0.3, -0.25) is 15.4 Å². The highest BCUT2D eigenvalue weighted by Crippen LogP contribution is 2.33. The van der Waals surface area contributed by atoms with Crippen molar-refractivity contribution in [2.45, 2.75) is 17.0 Å². The van der Waals surface area contributed by atoms with Gasteiger partial charge in [-0.05, 0) is 29.8 Å². The molecule has 8 heteroatoms. The number of carbonyl (C=O) groups is 1. The van der Waals surface area contributed by atoms with E-state index in [1.54, 1.807) is 12.1 Å². The summed E-state index contributed by atoms with van der Waals surface area (Å²) in [7, 11) is 0. The third-order valence-corrected chi connectivity index (χ3v) is 5.01. The van der Waals surface area contributed by atoms with Crippen LogP contribution in [0, 0.1) is 0 Å². The zero-order valence-electron chi connectivity index (χ0n) is 12.9. The number of carbonyl (C=O) groups excluding carboxylic acids is 1. The Labute approximate surface area is 165 Å². The first-order chi connectivity index (χ1) is 12.0. The molecule has 3 N–H and O–H groups in total. The standard InChI is InChI=1S/C17H15Cl4N3O/c18-11-2-1-3-12(19)14(11)13-8-22-16(24-13)9-4-6-10(7-5-9)23-17(25)15(20)21/h1-7,13,15-16,22,24H,8H2,(H,23,25). The van der Waals surface area contributed by atoms with Crippen LogP contribution < -0.4 is 16.0 Å². The number of hydrogen-bond acceptors (Lipinski definition) is 3. The van der Waals surface area contributed by atoms with Crippen LogP contribution >= 0.6 is 46.4 Å². The average Bonchev–Trinajstić information content (AvgIpc) is 3.05. The molecule has 1 saturated heterocycles. The number of rotatable bonds is 4. The van der Waals surface area contributed by atoms with Crippen molar-refractivity contribution >= 4 is 58.0 Å². The Kier molecular flexibility index (Phi) is 6.10. The van der Waals surface area contributed by atoms with Gasteiger partial charge in [-0.25, -0.2) is 0 Å². The molecule has 0 bridgehead atoms. The number of anilines is 1. The molecular formula is C17H15Cl4N3O. The zero-order chi connectivity index (χ0) is 18.0. The molecule has 132 valence electrons. The van der Waals surface area contributed by atoms with Gasteiger partial charge in [0.1, 0.15) is 0 Å². The minimum absolute atomic E-state index is 0.0128. The van der Waals surface area contributed by atoms with E-state index < -0.39 is 10.7 Å². The van der Waals surface area contributed by atoms with Crippen molar-refractivity contribution in [3.8, 4) is 0 Å². The summed E-state index contributed by atoms with van der Waals surface area (Å²) >= 11 is 23.6. The minimum Gasteiger partial charge on any atom is -0.324 e. The van der Waals surface area contributed by atoms with Crippen molar-refractivity contribution in [2.75, 3.05) is 11.9 Å². The monoisotopic (exact) mass is 417 g/mol. The quantitative estimate of drug-likeness (QED) is 0.632. The van der Waals surface area contributed by atoms with Gasteiger partial charge in [-0.2, -0.15) is 0 Å². The van der Waals surface area contributed by atoms with Crippen LogP contribution in [-0.2, 0) is 4.79 Å². The van der Waals surface area contributed by atoms with Gasteiger partial charge in [0.05, 0.1) is 6.17 Å². The molecule has 4 nitrogen and oxygen atoms in total. The Hall–Kier alpha value is -1.01. The summed E-state index contributed by atoms with van der Waals surface area (Å²) < 4.78 is 0. The zero-order valence-corrected chi connectivity index (χ0v) is 15.9. The third-order valence-electron chi connectivity index (χ3n) is 3.95. The van der Waals surface area contributed by atoms with E-state index in [9.17, 15) is 4.79 Å². The normalized spacial score (nSPS) is 20.0. The Morgan fingerprint density at radius 2 is 1.72 bits per heavy atom. The van der Waals surface area contributed by atoms with Gasteiger partial charge < -0.3 is 5.32 Å². The van der Waals surface area contributed by atoms with Gasteiger partial charge in [0.2, 0.25) is 0 Å². The molecule has 0 spiro atoms. The fourth-order valence-corrected chi connectivity index (χ4v) is 3.52. The lowest BCUT2D eigenvalue weighted by Gasteiger charge is -2.16. The highest BCUT2D eigenvalue weighted by molar-refractivity contribution is 6.54. The minimum atomic E-state index is -1.10. The summed E-state index contributed by atoms with van der Waals surface area (Å²) in [6.07, 6.45) is -0.0455. The molecule has 25 heavy (non-hydrogen) atoms. The maximum absolute atomic E-state index is 11.5. The van der Waals surface area contributed by atoms with Crippen LogP contribution in [0.2, 0.25) is 10.0 Å². The summed E-state index contributed by atoms with van der Waals surface area (Å²) in [6.45, 7) is 0.701. The topological polar surface area (TPSA) is 53.2 Å². The van der Waals surface area contributed by atoms with E-state index in [2.05, 4.69) is 16.0 Å². The summed E-state index contributed by atoms with van der Waals surface area (Å²) in [5.74, 6) is -0.457. The SMILES string of the molecule is O=C(Nc1ccc(C2NCC(c3c(Cl)cccc3Cl)N2)cc1)C(Cl)Cl. The summed E-state index contributed by atoms with van der Waals surface area (Å²) in [5.41, 5.74) is 2.54. The van der Waals surface area contributed by atoms with Crippen LogP contribution in [0.25, 0.3) is 0 Å². The Morgan fingerprint density at radius 1 is 1.08 bits per heavy atom. The fourth-order valence-electron chi connectivity index (χ4n) is 2.75. The molecule has 1 fully saturated rings. The van der Waals surface area contributed by atoms with Gasteiger partial charge in [-0.15, -0.1) is 0 Å². The van der Waals surface area contributed by atoms with Crippen molar-refractivity contribution in [3.05, 3.63) is 63.6 Å². The van der Waals surface area contributed by atoms with Gasteiger partial charge in [-0.1, -0.05) is 64.6 Å². The second-order valence-electron chi connectivity index (χ2n) is 5.61. The molecule has 3 rings (SSSR count). The van der Waals surface area contributed by atoms with E-state index in [4.69, 9.17) is 46.4 Å². The van der Waals surface area contributed by atoms with Crippen molar-refractivity contribution in [1.29, 1.82) is 0 Å². The first-order valence-corrected chi connectivity index (χ1v) is 9.21. The van der Waals surface area contributed by atoms with E-state index in [0.29, 0.717) is 22.3 Å². The predicted octanol–water partition coefficient (Wildman–Crippen LogP) is 4.67. The number of nitrogens with one attached hydrogen (secondary N) is 3. The molecule has 2 unspecified atom stereocenters. The molecule has 0 saturated carbocycles. The van der Waals surface area contributed by atoms with Crippen molar-refractivity contribution in [2.24, 2.45) is 0 Å². The van der Waals surface area contributed by atoms with E-state index in [-0.39, 0.29) is 12.2 Å². The molecule has 2 aromatic carbocycles. The molecule has 2 aromatic rings. The molecule has 2 atom stereocenters. The van der Waals surface area contributed by atoms with Gasteiger partial charge in [0.15, 0.2) is 4.84 Å². The molecular weight excluding hydrogens is 404 g/mol. The molecule has 1 aliphatic rings. The Bertz CT molecular complexity index is 747. The maximum Gasteiger partial charge on any atom is 0.257 e. The smallest absolute Gasteiger partial charge is 0.257 e. The molecule has 0 aliphatic carbocycles. The van der Waals surface area contributed by atoms with Gasteiger partial charge >= 0.3 is 0 Å². The number of alkyl halides is 2. The summed E-state index contributed by atoms with van der Waals surface area (Å²) in [6, 6.07) is 12.9. The Morgan fingerprint density at radius 3 is 2.32 bits per heavy atom. The van der Waals surface area contributed by atoms with Crippen LogP contribution in [0.15, 0.2) is 42.5 Å². The first-order valence-electron chi connectivity index (χ1n) is 7.58. The van der Waals surface area contributed by atoms with Crippen LogP contribution in [-0.4, -0.2) is 17.3 Å². The van der Waals surface area contributed by atoms with Gasteiger partial charge in [0.25, 0.3) is 5.91 Å². The second kappa shape index (κ2) is 8.12. The fraction of sp³-hybridized carbons (Fsp3) is 0.235. The molecule has 0 radical (unpaired) electrons. The average molecular weight is 419 g/mol. The first kappa shape index (κ1) is 18.8. The van der Waals surface area contributed by atoms with E-state index in [0.717, 1.165) is 11.1 Å². The maximum atomic E-state index is 11.5. The number of halogens is 4. The lowest BCUT2D eigenvalue weighted by atomic mass is 10.1. The second-order valence-corrected chi connectivity index (χ2v) is 7.52. The van der Waals surface area contributed by atoms with Crippen LogP contribution in [0.3, 0.4) is 0 Å². The van der Waals surface area contributed by atoms with Gasteiger partial charge in [0, 0.05) is 33.9 Å². The van der Waals surface area contributed by atoms with Crippen molar-refractivity contribution < 1.29 is 4.79 Å². The van der Waals surface area contributed by atoms with E-state index in [1.165, 1.54) is 0 Å². The van der Waals surface area contributed by atoms with E-state index in [1.807, 2.05) is 30.3 Å². The van der Waals surface area contributed by atoms with Crippen LogP contribution in [0.5, 0.6) is 0 Å². The Balaban J connectivity index is 1.69. The largest absolute Gasteiger partial charge is 0.324 e. The van der Waals surface area contributed by atoms with Crippen LogP contribution in [0.4, 0.5) is 5.69 Å². The predicted molar refractivity (Wildman–Crippen MR) is 104 cm³/mol. The number of benzene rings is 2.